The van der Waals surface area contributed by atoms with Crippen LogP contribution in [0.2, 0.25) is 0 Å². The van der Waals surface area contributed by atoms with Crippen LogP contribution in [0, 0.1) is 19.8 Å². The third-order valence-electron chi connectivity index (χ3n) is 5.42. The van der Waals surface area contributed by atoms with E-state index in [0.717, 1.165) is 17.7 Å². The first-order chi connectivity index (χ1) is 11.9. The van der Waals surface area contributed by atoms with E-state index in [9.17, 15) is 13.2 Å². The Morgan fingerprint density at radius 2 is 1.84 bits per heavy atom. The quantitative estimate of drug-likeness (QED) is 0.613. The largest absolute Gasteiger partial charge is 0.416 e. The number of alkyl halides is 3. The number of benzene rings is 2. The molecule has 4 heteroatoms. The van der Waals surface area contributed by atoms with Crippen LogP contribution in [0.5, 0.6) is 0 Å². The molecule has 1 aliphatic heterocycles. The van der Waals surface area contributed by atoms with Crippen LogP contribution in [0.25, 0.3) is 0 Å². The molecule has 25 heavy (non-hydrogen) atoms. The molecule has 1 heterocycles. The lowest BCUT2D eigenvalue weighted by atomic mass is 9.74. The Bertz CT molecular complexity index is 851. The van der Waals surface area contributed by atoms with E-state index >= 15 is 0 Å². The summed E-state index contributed by atoms with van der Waals surface area (Å²) in [5, 5.41) is 3.44. The van der Waals surface area contributed by atoms with Crippen molar-refractivity contribution in [2.75, 3.05) is 5.32 Å². The van der Waals surface area contributed by atoms with Crippen molar-refractivity contribution >= 4 is 5.69 Å². The lowest BCUT2D eigenvalue weighted by Crippen LogP contribution is -2.31. The van der Waals surface area contributed by atoms with Gasteiger partial charge in [0.1, 0.15) is 0 Å². The number of hydrogen-bond acceptors (Lipinski definition) is 1. The lowest BCUT2D eigenvalue weighted by molar-refractivity contribution is -0.138. The minimum atomic E-state index is -4.34. The molecule has 1 N–H and O–H groups in total. The summed E-state index contributed by atoms with van der Waals surface area (Å²) in [6.07, 6.45) is 0.717. The van der Waals surface area contributed by atoms with Gasteiger partial charge in [0.2, 0.25) is 0 Å². The van der Waals surface area contributed by atoms with Gasteiger partial charge in [-0.05, 0) is 60.6 Å². The maximum Gasteiger partial charge on any atom is 0.416 e. The standard InChI is InChI=1S/C21H20F3N/c1-12-10-13(2)19-14-7-5-8-15(14)20(25-18(19)11-12)16-6-3-4-9-17(16)21(22,23)24/h3-7,9-11,14-15,20,25H,8H2,1-2H3/t14-,15+,20+/m1/s1. The van der Waals surface area contributed by atoms with Crippen molar-refractivity contribution < 1.29 is 13.2 Å². The zero-order valence-electron chi connectivity index (χ0n) is 14.2. The topological polar surface area (TPSA) is 12.0 Å². The average molecular weight is 343 g/mol. The zero-order chi connectivity index (χ0) is 17.8. The van der Waals surface area contributed by atoms with E-state index < -0.39 is 11.7 Å². The predicted octanol–water partition coefficient (Wildman–Crippen LogP) is 6.15. The lowest BCUT2D eigenvalue weighted by Gasteiger charge is -2.39. The molecule has 0 radical (unpaired) electrons. The molecule has 0 fully saturated rings. The molecule has 2 aliphatic rings. The first-order valence-electron chi connectivity index (χ1n) is 8.56. The highest BCUT2D eigenvalue weighted by Crippen LogP contribution is 2.52. The van der Waals surface area contributed by atoms with Gasteiger partial charge in [0.05, 0.1) is 11.6 Å². The summed E-state index contributed by atoms with van der Waals surface area (Å²) in [6, 6.07) is 9.81. The van der Waals surface area contributed by atoms with Gasteiger partial charge in [-0.3, -0.25) is 0 Å². The molecule has 130 valence electrons. The highest BCUT2D eigenvalue weighted by atomic mass is 19.4. The Labute approximate surface area is 145 Å². The molecule has 0 aromatic heterocycles. The Balaban J connectivity index is 1.86. The smallest absolute Gasteiger partial charge is 0.378 e. The normalized spacial score (nSPS) is 24.6. The molecule has 1 nitrogen and oxygen atoms in total. The summed E-state index contributed by atoms with van der Waals surface area (Å²) < 4.78 is 40.6. The first kappa shape index (κ1) is 16.2. The van der Waals surface area contributed by atoms with Crippen molar-refractivity contribution in [3.05, 3.63) is 76.4 Å². The second-order valence-electron chi connectivity index (χ2n) is 7.10. The summed E-state index contributed by atoms with van der Waals surface area (Å²) in [7, 11) is 0. The van der Waals surface area contributed by atoms with Crippen LogP contribution < -0.4 is 5.32 Å². The SMILES string of the molecule is Cc1cc(C)c2c(c1)N[C@H](c1ccccc1C(F)(F)F)[C@H]1CC=C[C@@H]21. The molecule has 0 unspecified atom stereocenters. The number of allylic oxidation sites excluding steroid dienone is 2. The number of aryl methyl sites for hydroxylation is 2. The molecular weight excluding hydrogens is 323 g/mol. The van der Waals surface area contributed by atoms with E-state index in [2.05, 4.69) is 30.5 Å². The fourth-order valence-corrected chi connectivity index (χ4v) is 4.48. The monoisotopic (exact) mass is 343 g/mol. The van der Waals surface area contributed by atoms with Gasteiger partial charge in [-0.1, -0.05) is 36.4 Å². The first-order valence-corrected chi connectivity index (χ1v) is 8.56. The van der Waals surface area contributed by atoms with Crippen LogP contribution in [0.3, 0.4) is 0 Å². The zero-order valence-corrected chi connectivity index (χ0v) is 14.2. The van der Waals surface area contributed by atoms with Crippen LogP contribution in [-0.2, 0) is 6.18 Å². The van der Waals surface area contributed by atoms with Gasteiger partial charge in [-0.15, -0.1) is 0 Å². The van der Waals surface area contributed by atoms with Crippen molar-refractivity contribution in [1.29, 1.82) is 0 Å². The molecule has 1 aliphatic carbocycles. The average Bonchev–Trinajstić information content (AvgIpc) is 3.02. The second kappa shape index (κ2) is 5.65. The minimum Gasteiger partial charge on any atom is -0.378 e. The van der Waals surface area contributed by atoms with Crippen LogP contribution in [0.15, 0.2) is 48.6 Å². The number of nitrogens with one attached hydrogen (secondary N) is 1. The number of fused-ring (bicyclic) bond motifs is 3. The van der Waals surface area contributed by atoms with E-state index in [1.807, 2.05) is 13.0 Å². The summed E-state index contributed by atoms with van der Waals surface area (Å²) in [4.78, 5) is 0. The van der Waals surface area contributed by atoms with Crippen LogP contribution >= 0.6 is 0 Å². The molecular formula is C21H20F3N. The maximum absolute atomic E-state index is 13.5. The minimum absolute atomic E-state index is 0.109. The fraction of sp³-hybridized carbons (Fsp3) is 0.333. The van der Waals surface area contributed by atoms with Crippen LogP contribution in [-0.4, -0.2) is 0 Å². The molecule has 2 aromatic carbocycles. The highest BCUT2D eigenvalue weighted by molar-refractivity contribution is 5.64. The van der Waals surface area contributed by atoms with Gasteiger partial charge in [0.25, 0.3) is 0 Å². The van der Waals surface area contributed by atoms with Gasteiger partial charge in [-0.25, -0.2) is 0 Å². The van der Waals surface area contributed by atoms with E-state index in [0.29, 0.717) is 5.56 Å². The molecule has 0 spiro atoms. The Kier molecular flexibility index (Phi) is 3.67. The number of rotatable bonds is 1. The third-order valence-corrected chi connectivity index (χ3v) is 5.42. The molecule has 0 saturated carbocycles. The summed E-state index contributed by atoms with van der Waals surface area (Å²) in [5.41, 5.74) is 4.32. The van der Waals surface area contributed by atoms with Gasteiger partial charge < -0.3 is 5.32 Å². The van der Waals surface area contributed by atoms with E-state index in [1.165, 1.54) is 23.3 Å². The van der Waals surface area contributed by atoms with E-state index in [1.54, 1.807) is 12.1 Å². The van der Waals surface area contributed by atoms with Gasteiger partial charge in [0.15, 0.2) is 0 Å². The van der Waals surface area contributed by atoms with Crippen LogP contribution in [0.4, 0.5) is 18.9 Å². The summed E-state index contributed by atoms with van der Waals surface area (Å²) in [6.45, 7) is 4.10. The molecule has 3 atom stereocenters. The predicted molar refractivity (Wildman–Crippen MR) is 93.7 cm³/mol. The third kappa shape index (κ3) is 2.64. The molecule has 4 rings (SSSR count). The van der Waals surface area contributed by atoms with E-state index in [4.69, 9.17) is 0 Å². The highest BCUT2D eigenvalue weighted by Gasteiger charge is 2.42. The van der Waals surface area contributed by atoms with E-state index in [-0.39, 0.29) is 17.9 Å². The van der Waals surface area contributed by atoms with Crippen molar-refractivity contribution in [3.63, 3.8) is 0 Å². The van der Waals surface area contributed by atoms with Crippen molar-refractivity contribution in [2.24, 2.45) is 5.92 Å². The Morgan fingerprint density at radius 3 is 2.60 bits per heavy atom. The molecule has 2 aromatic rings. The maximum atomic E-state index is 13.5. The summed E-state index contributed by atoms with van der Waals surface area (Å²) >= 11 is 0. The Morgan fingerprint density at radius 1 is 1.08 bits per heavy atom. The number of hydrogen-bond donors (Lipinski definition) is 1. The van der Waals surface area contributed by atoms with Gasteiger partial charge in [-0.2, -0.15) is 13.2 Å². The van der Waals surface area contributed by atoms with Crippen molar-refractivity contribution in [3.8, 4) is 0 Å². The molecule has 0 amide bonds. The van der Waals surface area contributed by atoms with Gasteiger partial charge >= 0.3 is 6.18 Å². The Hall–Kier alpha value is -2.23. The van der Waals surface area contributed by atoms with Gasteiger partial charge in [0, 0.05) is 11.6 Å². The summed E-state index contributed by atoms with van der Waals surface area (Å²) in [5.74, 6) is 0.278. The second-order valence-corrected chi connectivity index (χ2v) is 7.10. The fourth-order valence-electron chi connectivity index (χ4n) is 4.48. The number of halogens is 3. The van der Waals surface area contributed by atoms with Crippen molar-refractivity contribution in [1.82, 2.24) is 0 Å². The van der Waals surface area contributed by atoms with Crippen LogP contribution in [0.1, 0.15) is 46.2 Å². The number of anilines is 1. The molecule has 0 bridgehead atoms. The molecule has 0 saturated heterocycles. The van der Waals surface area contributed by atoms with Crippen molar-refractivity contribution in [2.45, 2.75) is 38.4 Å².